The van der Waals surface area contributed by atoms with Gasteiger partial charge in [-0.3, -0.25) is 4.79 Å². The lowest BCUT2D eigenvalue weighted by Crippen LogP contribution is -2.43. The molecule has 0 heterocycles. The van der Waals surface area contributed by atoms with Gasteiger partial charge in [-0.25, -0.2) is 4.79 Å². The van der Waals surface area contributed by atoms with Gasteiger partial charge in [-0.15, -0.1) is 0 Å². The Hall–Kier alpha value is -2.73. The fourth-order valence-electron chi connectivity index (χ4n) is 2.48. The van der Waals surface area contributed by atoms with Gasteiger partial charge < -0.3 is 19.5 Å². The number of nitrogens with one attached hydrogen (secondary N) is 1. The second-order valence-corrected chi connectivity index (χ2v) is 5.84. The van der Waals surface area contributed by atoms with E-state index in [9.17, 15) is 9.59 Å². The van der Waals surface area contributed by atoms with E-state index in [1.165, 1.54) is 33.5 Å². The molecule has 0 radical (unpaired) electrons. The molecule has 0 aliphatic carbocycles. The summed E-state index contributed by atoms with van der Waals surface area (Å²) < 4.78 is 15.2. The van der Waals surface area contributed by atoms with Crippen LogP contribution in [0.5, 0.6) is 11.5 Å². The number of halogens is 1. The maximum Gasteiger partial charge on any atom is 0.328 e. The molecule has 1 N–H and O–H groups in total. The number of hydrogen-bond donors (Lipinski definition) is 1. The van der Waals surface area contributed by atoms with Gasteiger partial charge in [0.1, 0.15) is 6.04 Å². The van der Waals surface area contributed by atoms with Crippen molar-refractivity contribution >= 4 is 23.5 Å². The van der Waals surface area contributed by atoms with Crippen LogP contribution in [0.2, 0.25) is 5.02 Å². The largest absolute Gasteiger partial charge is 0.493 e. The summed E-state index contributed by atoms with van der Waals surface area (Å²) in [6, 6.07) is 11.5. The minimum atomic E-state index is -0.832. The molecule has 0 saturated carbocycles. The van der Waals surface area contributed by atoms with Crippen LogP contribution in [0.1, 0.15) is 15.9 Å². The summed E-state index contributed by atoms with van der Waals surface area (Å²) in [5.41, 5.74) is 1.14. The first-order chi connectivity index (χ1) is 12.5. The van der Waals surface area contributed by atoms with Crippen LogP contribution < -0.4 is 14.8 Å². The average Bonchev–Trinajstić information content (AvgIpc) is 2.66. The Labute approximate surface area is 157 Å². The maximum atomic E-state index is 12.6. The smallest absolute Gasteiger partial charge is 0.328 e. The molecule has 0 aliphatic heterocycles. The highest BCUT2D eigenvalue weighted by atomic mass is 35.5. The molecule has 1 atom stereocenters. The van der Waals surface area contributed by atoms with Crippen LogP contribution in [0.15, 0.2) is 42.5 Å². The Balaban J connectivity index is 2.24. The molecule has 7 heteroatoms. The fourth-order valence-corrected chi connectivity index (χ4v) is 2.76. The number of hydrogen-bond acceptors (Lipinski definition) is 5. The standard InChI is InChI=1S/C19H20ClNO5/c1-24-16-11-13(10-14(20)17(16)25-2)18(22)21-15(19(23)26-3)9-12-7-5-4-6-8-12/h4-8,10-11,15H,9H2,1-3H3,(H,21,22). The van der Waals surface area contributed by atoms with E-state index in [0.29, 0.717) is 17.9 Å². The van der Waals surface area contributed by atoms with Crippen LogP contribution in [0.4, 0.5) is 0 Å². The summed E-state index contributed by atoms with van der Waals surface area (Å²) >= 11 is 6.14. The Bertz CT molecular complexity index is 779. The molecular weight excluding hydrogens is 358 g/mol. The molecule has 0 fully saturated rings. The van der Waals surface area contributed by atoms with E-state index in [1.54, 1.807) is 0 Å². The topological polar surface area (TPSA) is 73.9 Å². The molecule has 0 bridgehead atoms. The van der Waals surface area contributed by atoms with Gasteiger partial charge in [-0.2, -0.15) is 0 Å². The van der Waals surface area contributed by atoms with E-state index in [0.717, 1.165) is 5.56 Å². The first-order valence-corrected chi connectivity index (χ1v) is 8.22. The minimum Gasteiger partial charge on any atom is -0.493 e. The van der Waals surface area contributed by atoms with E-state index < -0.39 is 17.9 Å². The zero-order valence-corrected chi connectivity index (χ0v) is 15.5. The molecule has 26 heavy (non-hydrogen) atoms. The normalized spacial score (nSPS) is 11.4. The van der Waals surface area contributed by atoms with Crippen molar-refractivity contribution in [2.24, 2.45) is 0 Å². The molecule has 138 valence electrons. The summed E-state index contributed by atoms with van der Waals surface area (Å²) in [5.74, 6) is -0.352. The highest BCUT2D eigenvalue weighted by Crippen LogP contribution is 2.36. The molecule has 1 amide bonds. The SMILES string of the molecule is COC(=O)C(Cc1ccccc1)NC(=O)c1cc(Cl)c(OC)c(OC)c1. The second kappa shape index (κ2) is 9.10. The number of carbonyl (C=O) groups excluding carboxylic acids is 2. The molecule has 0 saturated heterocycles. The van der Waals surface area contributed by atoms with Crippen LogP contribution in [-0.4, -0.2) is 39.2 Å². The van der Waals surface area contributed by atoms with Gasteiger partial charge in [0, 0.05) is 12.0 Å². The molecule has 2 aromatic carbocycles. The second-order valence-electron chi connectivity index (χ2n) is 5.43. The van der Waals surface area contributed by atoms with Crippen molar-refractivity contribution in [2.45, 2.75) is 12.5 Å². The number of rotatable bonds is 7. The highest BCUT2D eigenvalue weighted by Gasteiger charge is 2.24. The molecule has 1 unspecified atom stereocenters. The number of amides is 1. The van der Waals surface area contributed by atoms with Crippen molar-refractivity contribution in [1.82, 2.24) is 5.32 Å². The average molecular weight is 378 g/mol. The van der Waals surface area contributed by atoms with Gasteiger partial charge in [0.2, 0.25) is 0 Å². The highest BCUT2D eigenvalue weighted by molar-refractivity contribution is 6.32. The van der Waals surface area contributed by atoms with Crippen molar-refractivity contribution in [3.63, 3.8) is 0 Å². The summed E-state index contributed by atoms with van der Waals surface area (Å²) in [6.07, 6.45) is 0.306. The molecule has 0 aromatic heterocycles. The Morgan fingerprint density at radius 2 is 1.77 bits per heavy atom. The lowest BCUT2D eigenvalue weighted by Gasteiger charge is -2.17. The first kappa shape index (κ1) is 19.6. The fraction of sp³-hybridized carbons (Fsp3) is 0.263. The number of esters is 1. The minimum absolute atomic E-state index is 0.231. The Kier molecular flexibility index (Phi) is 6.86. The molecule has 0 spiro atoms. The van der Waals surface area contributed by atoms with E-state index in [1.807, 2.05) is 30.3 Å². The molecule has 2 rings (SSSR count). The third kappa shape index (κ3) is 4.67. The van der Waals surface area contributed by atoms with Crippen LogP contribution in [0.25, 0.3) is 0 Å². The van der Waals surface area contributed by atoms with Gasteiger partial charge in [-0.1, -0.05) is 41.9 Å². The van der Waals surface area contributed by atoms with Crippen LogP contribution in [-0.2, 0) is 16.0 Å². The first-order valence-electron chi connectivity index (χ1n) is 7.84. The quantitative estimate of drug-likeness (QED) is 0.751. The zero-order valence-electron chi connectivity index (χ0n) is 14.7. The third-order valence-corrected chi connectivity index (χ3v) is 4.05. The Morgan fingerprint density at radius 3 is 2.35 bits per heavy atom. The monoisotopic (exact) mass is 377 g/mol. The van der Waals surface area contributed by atoms with Crippen molar-refractivity contribution in [3.8, 4) is 11.5 Å². The van der Waals surface area contributed by atoms with E-state index in [2.05, 4.69) is 5.32 Å². The van der Waals surface area contributed by atoms with Gasteiger partial charge in [0.15, 0.2) is 11.5 Å². The van der Waals surface area contributed by atoms with E-state index in [4.69, 9.17) is 25.8 Å². The van der Waals surface area contributed by atoms with Crippen molar-refractivity contribution < 1.29 is 23.8 Å². The van der Waals surface area contributed by atoms with E-state index in [-0.39, 0.29) is 10.6 Å². The van der Waals surface area contributed by atoms with Gasteiger partial charge in [0.25, 0.3) is 5.91 Å². The van der Waals surface area contributed by atoms with Gasteiger partial charge in [0.05, 0.1) is 26.4 Å². The van der Waals surface area contributed by atoms with Crippen molar-refractivity contribution in [1.29, 1.82) is 0 Å². The Morgan fingerprint density at radius 1 is 1.08 bits per heavy atom. The van der Waals surface area contributed by atoms with Crippen molar-refractivity contribution in [2.75, 3.05) is 21.3 Å². The lowest BCUT2D eigenvalue weighted by molar-refractivity contribution is -0.142. The predicted molar refractivity (Wildman–Crippen MR) is 98.0 cm³/mol. The molecule has 0 aliphatic rings. The van der Waals surface area contributed by atoms with Gasteiger partial charge in [-0.05, 0) is 17.7 Å². The summed E-state index contributed by atoms with van der Waals surface area (Å²) in [5, 5.41) is 2.91. The molecule has 6 nitrogen and oxygen atoms in total. The molecular formula is C19H20ClNO5. The van der Waals surface area contributed by atoms with Crippen LogP contribution in [0, 0.1) is 0 Å². The number of methoxy groups -OCH3 is 3. The summed E-state index contributed by atoms with van der Waals surface area (Å²) in [6.45, 7) is 0. The van der Waals surface area contributed by atoms with Crippen LogP contribution in [0.3, 0.4) is 0 Å². The maximum absolute atomic E-state index is 12.6. The number of carbonyl (C=O) groups is 2. The van der Waals surface area contributed by atoms with Crippen LogP contribution >= 0.6 is 11.6 Å². The number of ether oxygens (including phenoxy) is 3. The van der Waals surface area contributed by atoms with Gasteiger partial charge >= 0.3 is 5.97 Å². The zero-order chi connectivity index (χ0) is 19.1. The lowest BCUT2D eigenvalue weighted by atomic mass is 10.1. The summed E-state index contributed by atoms with van der Waals surface area (Å²) in [7, 11) is 4.18. The third-order valence-electron chi connectivity index (χ3n) is 3.77. The number of benzene rings is 2. The van der Waals surface area contributed by atoms with E-state index >= 15 is 0 Å². The predicted octanol–water partition coefficient (Wildman–Crippen LogP) is 2.87. The summed E-state index contributed by atoms with van der Waals surface area (Å²) in [4.78, 5) is 24.7. The molecule has 2 aromatic rings. The van der Waals surface area contributed by atoms with Crippen molar-refractivity contribution in [3.05, 3.63) is 58.6 Å².